The van der Waals surface area contributed by atoms with Crippen LogP contribution in [0.25, 0.3) is 0 Å². The zero-order valence-corrected chi connectivity index (χ0v) is 13.0. The molecule has 1 aliphatic rings. The number of rotatable bonds is 4. The van der Waals surface area contributed by atoms with Gasteiger partial charge in [0.15, 0.2) is 0 Å². The van der Waals surface area contributed by atoms with Gasteiger partial charge in [0.1, 0.15) is 11.9 Å². The lowest BCUT2D eigenvalue weighted by Gasteiger charge is -2.28. The molecule has 7 heteroatoms. The first kappa shape index (κ1) is 16.2. The Morgan fingerprint density at radius 2 is 2.05 bits per heavy atom. The maximum Gasteiger partial charge on any atom is 0.256 e. The van der Waals surface area contributed by atoms with E-state index < -0.39 is 6.04 Å². The molecule has 2 amide bonds. The first-order chi connectivity index (χ1) is 10.5. The molecule has 4 N–H and O–H groups in total. The highest BCUT2D eigenvalue weighted by Gasteiger charge is 2.39. The highest BCUT2D eigenvalue weighted by molar-refractivity contribution is 5.98. The zero-order valence-electron chi connectivity index (χ0n) is 13.0. The van der Waals surface area contributed by atoms with Crippen LogP contribution in [0, 0.1) is 0 Å². The van der Waals surface area contributed by atoms with Gasteiger partial charge in [0.05, 0.1) is 5.56 Å². The van der Waals surface area contributed by atoms with Crippen molar-refractivity contribution in [2.75, 3.05) is 25.4 Å². The summed E-state index contributed by atoms with van der Waals surface area (Å²) in [5, 5.41) is 0. The van der Waals surface area contributed by atoms with E-state index in [1.807, 2.05) is 13.8 Å². The Hall–Kier alpha value is -2.15. The smallest absolute Gasteiger partial charge is 0.256 e. The molecule has 1 saturated heterocycles. The molecule has 0 bridgehead atoms. The SMILES string of the molecule is CCN(CC)C(=O)[C@@H]1C[C@H](N)CN1C(=O)c1ccc(N)nc1. The van der Waals surface area contributed by atoms with Gasteiger partial charge in [0, 0.05) is 31.9 Å². The molecule has 7 nitrogen and oxygen atoms in total. The number of likely N-dealkylation sites (tertiary alicyclic amines) is 1. The molecular weight excluding hydrogens is 282 g/mol. The van der Waals surface area contributed by atoms with E-state index in [0.717, 1.165) is 0 Å². The summed E-state index contributed by atoms with van der Waals surface area (Å²) in [6, 6.07) is 2.51. The maximum atomic E-state index is 12.6. The second-order valence-corrected chi connectivity index (χ2v) is 5.45. The first-order valence-corrected chi connectivity index (χ1v) is 7.54. The third-order valence-electron chi connectivity index (χ3n) is 3.99. The molecule has 1 aromatic rings. The van der Waals surface area contributed by atoms with Crippen molar-refractivity contribution in [1.29, 1.82) is 0 Å². The molecule has 0 radical (unpaired) electrons. The van der Waals surface area contributed by atoms with Crippen LogP contribution in [0.1, 0.15) is 30.6 Å². The van der Waals surface area contributed by atoms with Gasteiger partial charge in [0.2, 0.25) is 5.91 Å². The Balaban J connectivity index is 2.21. The fraction of sp³-hybridized carbons (Fsp3) is 0.533. The molecule has 0 spiro atoms. The fourth-order valence-electron chi connectivity index (χ4n) is 2.77. The van der Waals surface area contributed by atoms with Crippen LogP contribution < -0.4 is 11.5 Å². The lowest BCUT2D eigenvalue weighted by molar-refractivity contribution is -0.134. The van der Waals surface area contributed by atoms with Gasteiger partial charge in [-0.1, -0.05) is 0 Å². The molecule has 2 heterocycles. The summed E-state index contributed by atoms with van der Waals surface area (Å²) < 4.78 is 0. The predicted octanol–water partition coefficient (Wildman–Crippen LogP) is 0.0740. The van der Waals surface area contributed by atoms with Crippen molar-refractivity contribution < 1.29 is 9.59 Å². The van der Waals surface area contributed by atoms with E-state index in [4.69, 9.17) is 11.5 Å². The highest BCUT2D eigenvalue weighted by atomic mass is 16.2. The molecule has 2 rings (SSSR count). The number of carbonyl (C=O) groups excluding carboxylic acids is 2. The monoisotopic (exact) mass is 305 g/mol. The molecule has 2 atom stereocenters. The van der Waals surface area contributed by atoms with Crippen molar-refractivity contribution in [3.8, 4) is 0 Å². The number of nitrogens with two attached hydrogens (primary N) is 2. The minimum atomic E-state index is -0.500. The maximum absolute atomic E-state index is 12.6. The summed E-state index contributed by atoms with van der Waals surface area (Å²) in [6.45, 7) is 5.46. The number of nitrogen functional groups attached to an aromatic ring is 1. The Morgan fingerprint density at radius 1 is 1.36 bits per heavy atom. The van der Waals surface area contributed by atoms with Gasteiger partial charge in [-0.2, -0.15) is 0 Å². The first-order valence-electron chi connectivity index (χ1n) is 7.54. The molecule has 0 unspecified atom stereocenters. The van der Waals surface area contributed by atoms with Gasteiger partial charge in [-0.15, -0.1) is 0 Å². The van der Waals surface area contributed by atoms with Gasteiger partial charge >= 0.3 is 0 Å². The van der Waals surface area contributed by atoms with E-state index in [9.17, 15) is 9.59 Å². The van der Waals surface area contributed by atoms with Crippen LogP contribution >= 0.6 is 0 Å². The van der Waals surface area contributed by atoms with Gasteiger partial charge in [-0.05, 0) is 32.4 Å². The minimum absolute atomic E-state index is 0.0466. The van der Waals surface area contributed by atoms with Crippen LogP contribution in [0.15, 0.2) is 18.3 Å². The second kappa shape index (κ2) is 6.74. The predicted molar refractivity (Wildman–Crippen MR) is 84.0 cm³/mol. The van der Waals surface area contributed by atoms with Crippen LogP contribution in [0.3, 0.4) is 0 Å². The number of hydrogen-bond donors (Lipinski definition) is 2. The van der Waals surface area contributed by atoms with E-state index in [-0.39, 0.29) is 17.9 Å². The van der Waals surface area contributed by atoms with Gasteiger partial charge in [-0.25, -0.2) is 4.98 Å². The summed E-state index contributed by atoms with van der Waals surface area (Å²) in [7, 11) is 0. The molecule has 1 aromatic heterocycles. The molecule has 0 saturated carbocycles. The normalized spacial score (nSPS) is 21.0. The Kier molecular flexibility index (Phi) is 4.97. The van der Waals surface area contributed by atoms with Crippen molar-refractivity contribution in [3.05, 3.63) is 23.9 Å². The summed E-state index contributed by atoms with van der Waals surface area (Å²) in [5.41, 5.74) is 11.9. The standard InChI is InChI=1S/C15H23N5O2/c1-3-19(4-2)15(22)12-7-11(16)9-20(12)14(21)10-5-6-13(17)18-8-10/h5-6,8,11-12H,3-4,7,9,16H2,1-2H3,(H2,17,18)/t11-,12-/m0/s1. The molecule has 1 aliphatic heterocycles. The number of hydrogen-bond acceptors (Lipinski definition) is 5. The molecule has 120 valence electrons. The van der Waals surface area contributed by atoms with Crippen molar-refractivity contribution in [2.45, 2.75) is 32.4 Å². The van der Waals surface area contributed by atoms with Gasteiger partial charge < -0.3 is 21.3 Å². The molecular formula is C15H23N5O2. The van der Waals surface area contributed by atoms with Crippen molar-refractivity contribution >= 4 is 17.6 Å². The van der Waals surface area contributed by atoms with E-state index in [0.29, 0.717) is 37.4 Å². The molecule has 1 fully saturated rings. The number of carbonyl (C=O) groups is 2. The fourth-order valence-corrected chi connectivity index (χ4v) is 2.77. The number of amides is 2. The van der Waals surface area contributed by atoms with E-state index in [1.165, 1.54) is 6.20 Å². The average molecular weight is 305 g/mol. The number of pyridine rings is 1. The Bertz CT molecular complexity index is 541. The summed E-state index contributed by atoms with van der Waals surface area (Å²) >= 11 is 0. The third-order valence-corrected chi connectivity index (χ3v) is 3.99. The van der Waals surface area contributed by atoms with E-state index in [1.54, 1.807) is 21.9 Å². The van der Waals surface area contributed by atoms with Crippen LogP contribution in [0.4, 0.5) is 5.82 Å². The molecule has 0 aliphatic carbocycles. The van der Waals surface area contributed by atoms with Crippen LogP contribution in [-0.2, 0) is 4.79 Å². The lowest BCUT2D eigenvalue weighted by Crippen LogP contribution is -2.47. The van der Waals surface area contributed by atoms with Crippen molar-refractivity contribution in [3.63, 3.8) is 0 Å². The zero-order chi connectivity index (χ0) is 16.3. The van der Waals surface area contributed by atoms with Crippen molar-refractivity contribution in [1.82, 2.24) is 14.8 Å². The van der Waals surface area contributed by atoms with Gasteiger partial charge in [0.25, 0.3) is 5.91 Å². The third kappa shape index (κ3) is 3.19. The van der Waals surface area contributed by atoms with Crippen LogP contribution in [0.5, 0.6) is 0 Å². The molecule has 0 aromatic carbocycles. The number of nitrogens with zero attached hydrogens (tertiary/aromatic N) is 3. The highest BCUT2D eigenvalue weighted by Crippen LogP contribution is 2.21. The molecule has 22 heavy (non-hydrogen) atoms. The van der Waals surface area contributed by atoms with E-state index in [2.05, 4.69) is 4.98 Å². The summed E-state index contributed by atoms with van der Waals surface area (Å²) in [6.07, 6.45) is 1.92. The van der Waals surface area contributed by atoms with Crippen LogP contribution in [-0.4, -0.2) is 58.3 Å². The topological polar surface area (TPSA) is 106 Å². The van der Waals surface area contributed by atoms with Crippen molar-refractivity contribution in [2.24, 2.45) is 5.73 Å². The lowest BCUT2D eigenvalue weighted by atomic mass is 10.1. The number of anilines is 1. The second-order valence-electron chi connectivity index (χ2n) is 5.45. The van der Waals surface area contributed by atoms with E-state index >= 15 is 0 Å². The Morgan fingerprint density at radius 3 is 2.59 bits per heavy atom. The largest absolute Gasteiger partial charge is 0.384 e. The Labute approximate surface area is 130 Å². The summed E-state index contributed by atoms with van der Waals surface area (Å²) in [5.74, 6) is 0.0751. The summed E-state index contributed by atoms with van der Waals surface area (Å²) in [4.78, 5) is 32.4. The van der Waals surface area contributed by atoms with Crippen LogP contribution in [0.2, 0.25) is 0 Å². The number of aromatic nitrogens is 1. The quantitative estimate of drug-likeness (QED) is 0.819. The number of likely N-dealkylation sites (N-methyl/N-ethyl adjacent to an activating group) is 1. The van der Waals surface area contributed by atoms with Gasteiger partial charge in [-0.3, -0.25) is 9.59 Å². The minimum Gasteiger partial charge on any atom is -0.384 e. The average Bonchev–Trinajstić information content (AvgIpc) is 2.90.